The molecule has 2 rings (SSSR count). The summed E-state index contributed by atoms with van der Waals surface area (Å²) in [7, 11) is 0. The van der Waals surface area contributed by atoms with E-state index in [9.17, 15) is 9.59 Å². The fraction of sp³-hybridized carbons (Fsp3) is 0.0588. The van der Waals surface area contributed by atoms with Gasteiger partial charge in [-0.15, -0.1) is 0 Å². The maximum absolute atomic E-state index is 11.8. The van der Waals surface area contributed by atoms with Crippen LogP contribution in [0.4, 0.5) is 5.69 Å². The zero-order valence-electron chi connectivity index (χ0n) is 11.5. The van der Waals surface area contributed by atoms with E-state index in [1.807, 2.05) is 12.1 Å². The minimum Gasteiger partial charge on any atom is -0.323 e. The molecule has 1 N–H and O–H groups in total. The maximum Gasteiger partial charge on any atom is 0.248 e. The van der Waals surface area contributed by atoms with Crippen LogP contribution in [0.1, 0.15) is 22.8 Å². The second kappa shape index (κ2) is 6.86. The summed E-state index contributed by atoms with van der Waals surface area (Å²) in [4.78, 5) is 22.9. The van der Waals surface area contributed by atoms with Crippen molar-refractivity contribution in [2.75, 3.05) is 5.32 Å². The lowest BCUT2D eigenvalue weighted by Gasteiger charge is -2.03. The molecule has 0 aliphatic rings. The van der Waals surface area contributed by atoms with E-state index in [2.05, 4.69) is 5.32 Å². The molecule has 0 atom stereocenters. The van der Waals surface area contributed by atoms with Crippen LogP contribution in [-0.4, -0.2) is 11.7 Å². The first-order chi connectivity index (χ1) is 10.0. The van der Waals surface area contributed by atoms with Gasteiger partial charge in [-0.1, -0.05) is 23.7 Å². The zero-order valence-corrected chi connectivity index (χ0v) is 12.2. The normalized spacial score (nSPS) is 10.6. The molecule has 4 heteroatoms. The molecule has 0 fully saturated rings. The minimum atomic E-state index is -0.245. The highest BCUT2D eigenvalue weighted by molar-refractivity contribution is 6.30. The van der Waals surface area contributed by atoms with E-state index in [-0.39, 0.29) is 11.7 Å². The van der Waals surface area contributed by atoms with Crippen molar-refractivity contribution < 1.29 is 9.59 Å². The molecule has 21 heavy (non-hydrogen) atoms. The average molecular weight is 300 g/mol. The Morgan fingerprint density at radius 3 is 2.43 bits per heavy atom. The summed E-state index contributed by atoms with van der Waals surface area (Å²) >= 11 is 5.87. The molecule has 0 bridgehead atoms. The van der Waals surface area contributed by atoms with Crippen molar-refractivity contribution in [2.45, 2.75) is 6.92 Å². The molecule has 0 heterocycles. The van der Waals surface area contributed by atoms with Crippen LogP contribution in [0.25, 0.3) is 6.08 Å². The van der Waals surface area contributed by atoms with E-state index in [0.717, 1.165) is 5.56 Å². The molecule has 0 aromatic heterocycles. The smallest absolute Gasteiger partial charge is 0.248 e. The lowest BCUT2D eigenvalue weighted by Crippen LogP contribution is -2.07. The van der Waals surface area contributed by atoms with Gasteiger partial charge in [0, 0.05) is 22.3 Å². The summed E-state index contributed by atoms with van der Waals surface area (Å²) in [6, 6.07) is 14.0. The van der Waals surface area contributed by atoms with E-state index >= 15 is 0 Å². The van der Waals surface area contributed by atoms with Gasteiger partial charge < -0.3 is 5.32 Å². The van der Waals surface area contributed by atoms with Crippen molar-refractivity contribution in [3.8, 4) is 0 Å². The van der Waals surface area contributed by atoms with Crippen LogP contribution in [-0.2, 0) is 4.79 Å². The quantitative estimate of drug-likeness (QED) is 0.679. The Balaban J connectivity index is 1.99. The molecule has 0 saturated heterocycles. The number of nitrogens with one attached hydrogen (secondary N) is 1. The van der Waals surface area contributed by atoms with E-state index in [0.29, 0.717) is 16.3 Å². The molecular formula is C17H14ClNO2. The monoisotopic (exact) mass is 299 g/mol. The van der Waals surface area contributed by atoms with E-state index < -0.39 is 0 Å². The Morgan fingerprint density at radius 2 is 1.81 bits per heavy atom. The number of rotatable bonds is 4. The first-order valence-corrected chi connectivity index (χ1v) is 6.78. The van der Waals surface area contributed by atoms with Crippen LogP contribution >= 0.6 is 11.6 Å². The topological polar surface area (TPSA) is 46.2 Å². The van der Waals surface area contributed by atoms with Crippen molar-refractivity contribution in [3.63, 3.8) is 0 Å². The molecule has 0 saturated carbocycles. The first-order valence-electron chi connectivity index (χ1n) is 6.40. The minimum absolute atomic E-state index is 0.00581. The van der Waals surface area contributed by atoms with Gasteiger partial charge in [0.1, 0.15) is 0 Å². The van der Waals surface area contributed by atoms with Gasteiger partial charge in [0.25, 0.3) is 0 Å². The van der Waals surface area contributed by atoms with Gasteiger partial charge in [-0.3, -0.25) is 9.59 Å². The highest BCUT2D eigenvalue weighted by Crippen LogP contribution is 2.13. The van der Waals surface area contributed by atoms with Gasteiger partial charge in [0.05, 0.1) is 0 Å². The SMILES string of the molecule is CC(=O)c1ccc(NC(=O)C=Cc2cccc(Cl)c2)cc1. The fourth-order valence-electron chi connectivity index (χ4n) is 1.75. The number of halogens is 1. The van der Waals surface area contributed by atoms with E-state index in [1.54, 1.807) is 42.5 Å². The number of amides is 1. The molecule has 2 aromatic rings. The third-order valence-corrected chi connectivity index (χ3v) is 3.07. The van der Waals surface area contributed by atoms with Crippen molar-refractivity contribution in [1.29, 1.82) is 0 Å². The summed E-state index contributed by atoms with van der Waals surface area (Å²) in [5.74, 6) is -0.251. The number of anilines is 1. The predicted octanol–water partition coefficient (Wildman–Crippen LogP) is 4.19. The van der Waals surface area contributed by atoms with Crippen molar-refractivity contribution in [1.82, 2.24) is 0 Å². The molecular weight excluding hydrogens is 286 g/mol. The van der Waals surface area contributed by atoms with Gasteiger partial charge in [0.2, 0.25) is 5.91 Å². The van der Waals surface area contributed by atoms with Gasteiger partial charge in [0.15, 0.2) is 5.78 Å². The predicted molar refractivity (Wildman–Crippen MR) is 85.6 cm³/mol. The maximum atomic E-state index is 11.8. The number of hydrogen-bond acceptors (Lipinski definition) is 2. The molecule has 0 unspecified atom stereocenters. The summed E-state index contributed by atoms with van der Waals surface area (Å²) in [5, 5.41) is 3.35. The third kappa shape index (κ3) is 4.58. The lowest BCUT2D eigenvalue weighted by molar-refractivity contribution is -0.111. The van der Waals surface area contributed by atoms with Crippen LogP contribution < -0.4 is 5.32 Å². The summed E-state index contributed by atoms with van der Waals surface area (Å²) in [6.45, 7) is 1.50. The third-order valence-electron chi connectivity index (χ3n) is 2.83. The van der Waals surface area contributed by atoms with Crippen LogP contribution in [0.2, 0.25) is 5.02 Å². The average Bonchev–Trinajstić information content (AvgIpc) is 2.46. The molecule has 106 valence electrons. The molecule has 1 amide bonds. The Morgan fingerprint density at radius 1 is 1.10 bits per heavy atom. The zero-order chi connectivity index (χ0) is 15.2. The van der Waals surface area contributed by atoms with Gasteiger partial charge in [-0.05, 0) is 55.0 Å². The standard InChI is InChI=1S/C17H14ClNO2/c1-12(20)14-6-8-16(9-7-14)19-17(21)10-5-13-3-2-4-15(18)11-13/h2-11H,1H3,(H,19,21). The van der Waals surface area contributed by atoms with Crippen molar-refractivity contribution in [2.24, 2.45) is 0 Å². The Labute approximate surface area is 128 Å². The number of hydrogen-bond donors (Lipinski definition) is 1. The highest BCUT2D eigenvalue weighted by Gasteiger charge is 2.01. The summed E-state index contributed by atoms with van der Waals surface area (Å²) in [6.07, 6.45) is 3.12. The Bertz CT molecular complexity index is 690. The number of Topliss-reactive ketones (excluding diaryl/α,β-unsaturated/α-hetero) is 1. The molecule has 0 spiro atoms. The second-order valence-electron chi connectivity index (χ2n) is 4.51. The molecule has 0 aliphatic carbocycles. The van der Waals surface area contributed by atoms with Crippen LogP contribution in [0.5, 0.6) is 0 Å². The van der Waals surface area contributed by atoms with Crippen LogP contribution in [0, 0.1) is 0 Å². The Hall–Kier alpha value is -2.39. The van der Waals surface area contributed by atoms with E-state index in [1.165, 1.54) is 13.0 Å². The first kappa shape index (κ1) is 15.0. The lowest BCUT2D eigenvalue weighted by atomic mass is 10.1. The highest BCUT2D eigenvalue weighted by atomic mass is 35.5. The van der Waals surface area contributed by atoms with Crippen molar-refractivity contribution >= 4 is 35.1 Å². The molecule has 2 aromatic carbocycles. The van der Waals surface area contributed by atoms with Crippen LogP contribution in [0.15, 0.2) is 54.6 Å². The molecule has 0 aliphatic heterocycles. The number of carbonyl (C=O) groups is 2. The van der Waals surface area contributed by atoms with Gasteiger partial charge in [-0.2, -0.15) is 0 Å². The van der Waals surface area contributed by atoms with Crippen LogP contribution in [0.3, 0.4) is 0 Å². The molecule has 3 nitrogen and oxygen atoms in total. The summed E-state index contributed by atoms with van der Waals surface area (Å²) in [5.41, 5.74) is 2.10. The number of ketones is 1. The number of carbonyl (C=O) groups excluding carboxylic acids is 2. The van der Waals surface area contributed by atoms with Crippen molar-refractivity contribution in [3.05, 3.63) is 70.8 Å². The van der Waals surface area contributed by atoms with E-state index in [4.69, 9.17) is 11.6 Å². The second-order valence-corrected chi connectivity index (χ2v) is 4.95. The van der Waals surface area contributed by atoms with Gasteiger partial charge >= 0.3 is 0 Å². The van der Waals surface area contributed by atoms with Gasteiger partial charge in [-0.25, -0.2) is 0 Å². The fourth-order valence-corrected chi connectivity index (χ4v) is 1.95. The largest absolute Gasteiger partial charge is 0.323 e. The number of benzene rings is 2. The Kier molecular flexibility index (Phi) is 4.90. The molecule has 0 radical (unpaired) electrons. The summed E-state index contributed by atoms with van der Waals surface area (Å²) < 4.78 is 0.